The first kappa shape index (κ1) is 27.5. The number of morpholine rings is 1. The molecule has 10 nitrogen and oxygen atoms in total. The third-order valence-electron chi connectivity index (χ3n) is 7.40. The molecule has 0 unspecified atom stereocenters. The molecule has 0 bridgehead atoms. The van der Waals surface area contributed by atoms with E-state index in [-0.39, 0.29) is 18.4 Å². The first-order valence-electron chi connectivity index (χ1n) is 13.8. The second kappa shape index (κ2) is 13.4. The Labute approximate surface area is 235 Å². The molecule has 3 aromatic rings. The number of carbonyl (C=O) groups is 2. The molecule has 0 aliphatic carbocycles. The third kappa shape index (κ3) is 6.94. The zero-order valence-electron chi connectivity index (χ0n) is 22.9. The van der Waals surface area contributed by atoms with E-state index in [4.69, 9.17) is 9.47 Å². The predicted octanol–water partition coefficient (Wildman–Crippen LogP) is 2.28. The number of methoxy groups -OCH3 is 1. The van der Waals surface area contributed by atoms with Crippen LogP contribution in [0, 0.1) is 0 Å². The summed E-state index contributed by atoms with van der Waals surface area (Å²) < 4.78 is 10.8. The van der Waals surface area contributed by atoms with Crippen molar-refractivity contribution in [3.05, 3.63) is 72.3 Å². The molecular weight excluding hydrogens is 508 g/mol. The number of benzene rings is 2. The van der Waals surface area contributed by atoms with Crippen molar-refractivity contribution in [1.82, 2.24) is 24.9 Å². The van der Waals surface area contributed by atoms with Gasteiger partial charge in [-0.3, -0.25) is 14.5 Å². The molecule has 1 aromatic heterocycles. The average molecular weight is 545 g/mol. The highest BCUT2D eigenvalue weighted by molar-refractivity contribution is 5.97. The lowest BCUT2D eigenvalue weighted by atomic mass is 10.1. The van der Waals surface area contributed by atoms with Crippen LogP contribution in [0.15, 0.2) is 66.7 Å². The summed E-state index contributed by atoms with van der Waals surface area (Å²) in [7, 11) is 1.58. The van der Waals surface area contributed by atoms with Crippen molar-refractivity contribution in [2.45, 2.75) is 0 Å². The summed E-state index contributed by atoms with van der Waals surface area (Å²) in [5.41, 5.74) is 2.37. The van der Waals surface area contributed by atoms with Gasteiger partial charge < -0.3 is 24.2 Å². The Balaban J connectivity index is 1.19. The second-order valence-electron chi connectivity index (χ2n) is 9.92. The van der Waals surface area contributed by atoms with Gasteiger partial charge in [-0.15, -0.1) is 10.2 Å². The Morgan fingerprint density at radius 2 is 1.68 bits per heavy atom. The van der Waals surface area contributed by atoms with E-state index in [0.29, 0.717) is 63.8 Å². The van der Waals surface area contributed by atoms with Crippen LogP contribution in [0.25, 0.3) is 11.3 Å². The van der Waals surface area contributed by atoms with Gasteiger partial charge in [0.1, 0.15) is 12.3 Å². The molecule has 210 valence electrons. The number of piperazine rings is 1. The molecule has 5 rings (SSSR count). The van der Waals surface area contributed by atoms with E-state index in [2.05, 4.69) is 20.0 Å². The highest BCUT2D eigenvalue weighted by atomic mass is 16.5. The lowest BCUT2D eigenvalue weighted by molar-refractivity contribution is -0.132. The predicted molar refractivity (Wildman–Crippen MR) is 152 cm³/mol. The van der Waals surface area contributed by atoms with Gasteiger partial charge in [-0.25, -0.2) is 0 Å². The molecule has 40 heavy (non-hydrogen) atoms. The zero-order valence-corrected chi connectivity index (χ0v) is 22.9. The van der Waals surface area contributed by atoms with E-state index < -0.39 is 0 Å². The lowest BCUT2D eigenvalue weighted by Gasteiger charge is -2.36. The fourth-order valence-corrected chi connectivity index (χ4v) is 4.98. The maximum atomic E-state index is 13.5. The molecule has 3 heterocycles. The van der Waals surface area contributed by atoms with Gasteiger partial charge in [0.2, 0.25) is 5.91 Å². The van der Waals surface area contributed by atoms with Crippen molar-refractivity contribution in [1.29, 1.82) is 0 Å². The van der Waals surface area contributed by atoms with Crippen molar-refractivity contribution < 1.29 is 19.1 Å². The van der Waals surface area contributed by atoms with E-state index in [1.54, 1.807) is 36.3 Å². The van der Waals surface area contributed by atoms with Crippen LogP contribution in [-0.2, 0) is 9.53 Å². The van der Waals surface area contributed by atoms with Crippen LogP contribution < -0.4 is 9.64 Å². The lowest BCUT2D eigenvalue weighted by Crippen LogP contribution is -2.53. The molecule has 0 atom stereocenters. The van der Waals surface area contributed by atoms with Crippen molar-refractivity contribution >= 4 is 17.6 Å². The van der Waals surface area contributed by atoms with E-state index in [1.807, 2.05) is 47.4 Å². The number of anilines is 1. The average Bonchev–Trinajstić information content (AvgIpc) is 3.03. The summed E-state index contributed by atoms with van der Waals surface area (Å²) in [5, 5.41) is 8.83. The summed E-state index contributed by atoms with van der Waals surface area (Å²) in [5.74, 6) is 1.18. The molecule has 0 radical (unpaired) electrons. The molecule has 2 aliphatic rings. The highest BCUT2D eigenvalue weighted by Crippen LogP contribution is 2.20. The standard InChI is InChI=1S/C30H36N6O4/c1-39-26-9-5-8-25(22-26)30(38)36(13-12-33-18-20-40-21-19-33)23-29(37)35-16-14-34(15-17-35)28-11-10-27(31-32-28)24-6-3-2-4-7-24/h2-11,22H,12-21,23H2,1H3. The second-order valence-corrected chi connectivity index (χ2v) is 9.92. The maximum Gasteiger partial charge on any atom is 0.254 e. The van der Waals surface area contributed by atoms with Gasteiger partial charge in [-0.2, -0.15) is 0 Å². The van der Waals surface area contributed by atoms with Crippen molar-refractivity contribution in [2.24, 2.45) is 0 Å². The van der Waals surface area contributed by atoms with Crippen LogP contribution in [0.3, 0.4) is 0 Å². The van der Waals surface area contributed by atoms with Gasteiger partial charge in [0.05, 0.1) is 26.0 Å². The fraction of sp³-hybridized carbons (Fsp3) is 0.400. The Morgan fingerprint density at radius 3 is 2.38 bits per heavy atom. The molecular formula is C30H36N6O4. The zero-order chi connectivity index (χ0) is 27.7. The first-order chi connectivity index (χ1) is 19.6. The molecule has 0 saturated carbocycles. The van der Waals surface area contributed by atoms with Crippen LogP contribution in [0.2, 0.25) is 0 Å². The van der Waals surface area contributed by atoms with Gasteiger partial charge in [0, 0.05) is 63.5 Å². The summed E-state index contributed by atoms with van der Waals surface area (Å²) >= 11 is 0. The van der Waals surface area contributed by atoms with Gasteiger partial charge in [0.15, 0.2) is 5.82 Å². The maximum absolute atomic E-state index is 13.5. The Morgan fingerprint density at radius 1 is 0.900 bits per heavy atom. The molecule has 10 heteroatoms. The Bertz CT molecular complexity index is 1260. The minimum atomic E-state index is -0.173. The molecule has 0 N–H and O–H groups in total. The van der Waals surface area contributed by atoms with Gasteiger partial charge >= 0.3 is 0 Å². The SMILES string of the molecule is COc1cccc(C(=O)N(CCN2CCOCC2)CC(=O)N2CCN(c3ccc(-c4ccccc4)nn3)CC2)c1. The number of ether oxygens (including phenoxy) is 2. The van der Waals surface area contributed by atoms with Crippen LogP contribution in [0.5, 0.6) is 5.75 Å². The van der Waals surface area contributed by atoms with Gasteiger partial charge in [0.25, 0.3) is 5.91 Å². The highest BCUT2D eigenvalue weighted by Gasteiger charge is 2.27. The van der Waals surface area contributed by atoms with Crippen molar-refractivity contribution in [2.75, 3.05) is 84.1 Å². The van der Waals surface area contributed by atoms with Crippen LogP contribution in [0.4, 0.5) is 5.82 Å². The van der Waals surface area contributed by atoms with E-state index in [1.165, 1.54) is 0 Å². The monoisotopic (exact) mass is 544 g/mol. The first-order valence-corrected chi connectivity index (χ1v) is 13.8. The van der Waals surface area contributed by atoms with Crippen LogP contribution in [0.1, 0.15) is 10.4 Å². The fourth-order valence-electron chi connectivity index (χ4n) is 4.98. The molecule has 2 fully saturated rings. The topological polar surface area (TPSA) is 91.3 Å². The normalized spacial score (nSPS) is 16.0. The van der Waals surface area contributed by atoms with Gasteiger partial charge in [-0.05, 0) is 30.3 Å². The summed E-state index contributed by atoms with van der Waals surface area (Å²) in [6.07, 6.45) is 0. The number of carbonyl (C=O) groups excluding carboxylic acids is 2. The van der Waals surface area contributed by atoms with E-state index in [9.17, 15) is 9.59 Å². The van der Waals surface area contributed by atoms with Crippen molar-refractivity contribution in [3.63, 3.8) is 0 Å². The number of amides is 2. The Hall–Kier alpha value is -4.02. The minimum absolute atomic E-state index is 0.0337. The Kier molecular flexibility index (Phi) is 9.20. The van der Waals surface area contributed by atoms with Crippen LogP contribution >= 0.6 is 0 Å². The molecule has 2 saturated heterocycles. The molecule has 0 spiro atoms. The molecule has 2 aromatic carbocycles. The third-order valence-corrected chi connectivity index (χ3v) is 7.40. The number of hydrogen-bond acceptors (Lipinski definition) is 8. The summed E-state index contributed by atoms with van der Waals surface area (Å²) in [4.78, 5) is 34.8. The van der Waals surface area contributed by atoms with Crippen LogP contribution in [-0.4, -0.2) is 116 Å². The quantitative estimate of drug-likeness (QED) is 0.405. The number of nitrogens with zero attached hydrogens (tertiary/aromatic N) is 6. The number of aromatic nitrogens is 2. The summed E-state index contributed by atoms with van der Waals surface area (Å²) in [6.45, 7) is 6.65. The number of hydrogen-bond donors (Lipinski definition) is 0. The summed E-state index contributed by atoms with van der Waals surface area (Å²) in [6, 6.07) is 21.0. The van der Waals surface area contributed by atoms with Crippen molar-refractivity contribution in [3.8, 4) is 17.0 Å². The molecule has 2 aliphatic heterocycles. The smallest absolute Gasteiger partial charge is 0.254 e. The minimum Gasteiger partial charge on any atom is -0.497 e. The van der Waals surface area contributed by atoms with Gasteiger partial charge in [-0.1, -0.05) is 36.4 Å². The molecule has 2 amide bonds. The van der Waals surface area contributed by atoms with E-state index >= 15 is 0 Å². The van der Waals surface area contributed by atoms with E-state index in [0.717, 1.165) is 30.2 Å². The number of rotatable bonds is 9. The largest absolute Gasteiger partial charge is 0.497 e.